The molecule has 0 aliphatic rings. The molecule has 0 amide bonds. The predicted octanol–water partition coefficient (Wildman–Crippen LogP) is 6.31. The van der Waals surface area contributed by atoms with E-state index >= 15 is 0 Å². The Morgan fingerprint density at radius 1 is 0.536 bits per heavy atom. The first-order valence-corrected chi connectivity index (χ1v) is 9.24. The molecule has 0 atom stereocenters. The topological polar surface area (TPSA) is 57.2 Å². The zero-order chi connectivity index (χ0) is 18.4. The summed E-state index contributed by atoms with van der Waals surface area (Å²) in [5.41, 5.74) is 5.41. The summed E-state index contributed by atoms with van der Waals surface area (Å²) in [7, 11) is 0. The maximum absolute atomic E-state index is 6.40. The zero-order valence-corrected chi connectivity index (χ0v) is 14.8. The molecule has 0 bridgehead atoms. The van der Waals surface area contributed by atoms with E-state index < -0.39 is 0 Å². The lowest BCUT2D eigenvalue weighted by atomic mass is 10.0. The third-order valence-electron chi connectivity index (χ3n) is 5.81. The Labute approximate surface area is 158 Å². The van der Waals surface area contributed by atoms with Gasteiger partial charge in [-0.2, -0.15) is 0 Å². The Bertz CT molecular complexity index is 1730. The van der Waals surface area contributed by atoms with E-state index in [-0.39, 0.29) is 0 Å². The quantitative estimate of drug-likeness (QED) is 0.322. The molecule has 4 nitrogen and oxygen atoms in total. The molecule has 0 aliphatic heterocycles. The van der Waals surface area contributed by atoms with Crippen LogP contribution in [0, 0.1) is 0 Å². The van der Waals surface area contributed by atoms with Gasteiger partial charge in [-0.05, 0) is 30.3 Å². The fraction of sp³-hybridized carbons (Fsp3) is 0. The summed E-state index contributed by atoms with van der Waals surface area (Å²) < 4.78 is 14.0. The van der Waals surface area contributed by atoms with Crippen LogP contribution >= 0.6 is 0 Å². The van der Waals surface area contributed by atoms with Gasteiger partial charge in [0, 0.05) is 38.4 Å². The van der Waals surface area contributed by atoms with Gasteiger partial charge in [-0.1, -0.05) is 36.4 Å². The number of hydrogen-bond acceptors (Lipinski definition) is 3. The van der Waals surface area contributed by atoms with E-state index in [2.05, 4.69) is 18.2 Å². The third-order valence-corrected chi connectivity index (χ3v) is 5.81. The van der Waals surface area contributed by atoms with E-state index in [1.165, 1.54) is 0 Å². The molecule has 4 aromatic carbocycles. The first kappa shape index (κ1) is 14.2. The lowest BCUT2D eigenvalue weighted by molar-refractivity contribution is 0.656. The fourth-order valence-corrected chi connectivity index (χ4v) is 4.57. The molecular formula is C24H14N2O2. The summed E-state index contributed by atoms with van der Waals surface area (Å²) in [6, 6.07) is 24.5. The second-order valence-corrected chi connectivity index (χ2v) is 7.26. The number of furan rings is 2. The molecule has 7 aromatic rings. The number of fused-ring (bicyclic) bond motifs is 10. The molecule has 28 heavy (non-hydrogen) atoms. The second-order valence-electron chi connectivity index (χ2n) is 7.26. The van der Waals surface area contributed by atoms with Crippen molar-refractivity contribution in [1.82, 2.24) is 4.68 Å². The van der Waals surface area contributed by atoms with Crippen molar-refractivity contribution < 1.29 is 8.83 Å². The minimum Gasteiger partial charge on any atom is -0.456 e. The van der Waals surface area contributed by atoms with E-state index in [9.17, 15) is 0 Å². The Morgan fingerprint density at radius 3 is 2.21 bits per heavy atom. The number of benzene rings is 4. The number of aromatic nitrogens is 1. The maximum atomic E-state index is 6.40. The molecule has 0 saturated heterocycles. The van der Waals surface area contributed by atoms with Crippen molar-refractivity contribution in [3.8, 4) is 0 Å². The molecule has 3 aromatic heterocycles. The van der Waals surface area contributed by atoms with Gasteiger partial charge in [-0.3, -0.25) is 4.68 Å². The summed E-state index contributed by atoms with van der Waals surface area (Å²) in [6.07, 6.45) is 0. The SMILES string of the molecule is Nn1c2ccccc2c2c3c(ccc21)oc1cc2oc4ccccc4c2cc13. The average molecular weight is 362 g/mol. The zero-order valence-electron chi connectivity index (χ0n) is 14.8. The third kappa shape index (κ3) is 1.57. The van der Waals surface area contributed by atoms with Crippen LogP contribution < -0.4 is 5.84 Å². The molecule has 4 heteroatoms. The summed E-state index contributed by atoms with van der Waals surface area (Å²) in [5, 5.41) is 6.64. The number of nitrogen functional groups attached to an aromatic ring is 1. The molecule has 0 unspecified atom stereocenters. The Kier molecular flexibility index (Phi) is 2.37. The largest absolute Gasteiger partial charge is 0.456 e. The summed E-state index contributed by atoms with van der Waals surface area (Å²) in [5.74, 6) is 6.40. The van der Waals surface area contributed by atoms with Gasteiger partial charge >= 0.3 is 0 Å². The van der Waals surface area contributed by atoms with E-state index in [0.717, 1.165) is 65.7 Å². The molecule has 0 aliphatic carbocycles. The Balaban J connectivity index is 1.77. The predicted molar refractivity (Wildman–Crippen MR) is 114 cm³/mol. The summed E-state index contributed by atoms with van der Waals surface area (Å²) in [6.45, 7) is 0. The monoisotopic (exact) mass is 362 g/mol. The van der Waals surface area contributed by atoms with E-state index in [1.54, 1.807) is 4.68 Å². The normalized spacial score (nSPS) is 12.4. The number of hydrogen-bond donors (Lipinski definition) is 1. The van der Waals surface area contributed by atoms with Crippen LogP contribution in [0.5, 0.6) is 0 Å². The highest BCUT2D eigenvalue weighted by molar-refractivity contribution is 6.28. The Morgan fingerprint density at radius 2 is 1.29 bits per heavy atom. The molecule has 0 spiro atoms. The highest BCUT2D eigenvalue weighted by Crippen LogP contribution is 2.41. The van der Waals surface area contributed by atoms with Gasteiger partial charge in [0.2, 0.25) is 0 Å². The van der Waals surface area contributed by atoms with Crippen molar-refractivity contribution in [2.24, 2.45) is 0 Å². The number of rotatable bonds is 0. The van der Waals surface area contributed by atoms with Crippen molar-refractivity contribution in [3.05, 3.63) is 72.8 Å². The molecular weight excluding hydrogens is 348 g/mol. The van der Waals surface area contributed by atoms with E-state index in [1.807, 2.05) is 54.6 Å². The van der Waals surface area contributed by atoms with Gasteiger partial charge in [0.25, 0.3) is 0 Å². The van der Waals surface area contributed by atoms with Crippen LogP contribution in [0.4, 0.5) is 0 Å². The van der Waals surface area contributed by atoms with Crippen LogP contribution in [0.2, 0.25) is 0 Å². The van der Waals surface area contributed by atoms with Crippen molar-refractivity contribution in [2.45, 2.75) is 0 Å². The van der Waals surface area contributed by atoms with Crippen molar-refractivity contribution >= 4 is 65.7 Å². The summed E-state index contributed by atoms with van der Waals surface area (Å²) in [4.78, 5) is 0. The smallest absolute Gasteiger partial charge is 0.139 e. The average Bonchev–Trinajstić information content (AvgIpc) is 3.36. The van der Waals surface area contributed by atoms with Crippen LogP contribution in [-0.2, 0) is 0 Å². The van der Waals surface area contributed by atoms with Gasteiger partial charge in [-0.25, -0.2) is 0 Å². The number of nitrogens with zero attached hydrogens (tertiary/aromatic N) is 1. The molecule has 0 fully saturated rings. The molecule has 0 radical (unpaired) electrons. The number of para-hydroxylation sites is 2. The van der Waals surface area contributed by atoms with Crippen molar-refractivity contribution in [3.63, 3.8) is 0 Å². The van der Waals surface area contributed by atoms with Crippen molar-refractivity contribution in [1.29, 1.82) is 0 Å². The molecule has 132 valence electrons. The highest BCUT2D eigenvalue weighted by Gasteiger charge is 2.18. The van der Waals surface area contributed by atoms with Crippen LogP contribution in [0.1, 0.15) is 0 Å². The van der Waals surface area contributed by atoms with Crippen LogP contribution in [0.3, 0.4) is 0 Å². The fourth-order valence-electron chi connectivity index (χ4n) is 4.57. The number of nitrogens with two attached hydrogens (primary N) is 1. The lowest BCUT2D eigenvalue weighted by Crippen LogP contribution is -2.06. The van der Waals surface area contributed by atoms with Crippen LogP contribution in [0.15, 0.2) is 81.6 Å². The van der Waals surface area contributed by atoms with E-state index in [4.69, 9.17) is 14.7 Å². The molecule has 2 N–H and O–H groups in total. The van der Waals surface area contributed by atoms with E-state index in [0.29, 0.717) is 0 Å². The second kappa shape index (κ2) is 4.67. The van der Waals surface area contributed by atoms with Crippen LogP contribution in [-0.4, -0.2) is 4.68 Å². The minimum atomic E-state index is 0.822. The Hall–Kier alpha value is -3.92. The lowest BCUT2D eigenvalue weighted by Gasteiger charge is -1.97. The van der Waals surface area contributed by atoms with Crippen molar-refractivity contribution in [2.75, 3.05) is 5.84 Å². The standard InChI is InChI=1S/C24H14N2O2/c25-26-17-7-3-1-6-14(17)23-18(26)9-10-20-24(23)16-11-15-13-5-2-4-8-19(13)27-21(15)12-22(16)28-20/h1-12H,25H2. The summed E-state index contributed by atoms with van der Waals surface area (Å²) >= 11 is 0. The first-order chi connectivity index (χ1) is 13.8. The molecule has 0 saturated carbocycles. The molecule has 3 heterocycles. The van der Waals surface area contributed by atoms with Gasteiger partial charge < -0.3 is 14.7 Å². The van der Waals surface area contributed by atoms with Gasteiger partial charge in [-0.15, -0.1) is 0 Å². The highest BCUT2D eigenvalue weighted by atomic mass is 16.3. The van der Waals surface area contributed by atoms with Crippen LogP contribution in [0.25, 0.3) is 65.7 Å². The maximum Gasteiger partial charge on any atom is 0.139 e. The molecule has 7 rings (SSSR count). The van der Waals surface area contributed by atoms with Gasteiger partial charge in [0.05, 0.1) is 11.0 Å². The minimum absolute atomic E-state index is 0.822. The van der Waals surface area contributed by atoms with Gasteiger partial charge in [0.15, 0.2) is 0 Å². The van der Waals surface area contributed by atoms with Gasteiger partial charge in [0.1, 0.15) is 22.3 Å². The first-order valence-electron chi connectivity index (χ1n) is 9.24.